The van der Waals surface area contributed by atoms with Gasteiger partial charge in [0.2, 0.25) is 0 Å². The second kappa shape index (κ2) is 5.36. The van der Waals surface area contributed by atoms with E-state index in [0.717, 1.165) is 25.9 Å². The minimum absolute atomic E-state index is 0.112. The van der Waals surface area contributed by atoms with Gasteiger partial charge in [-0.2, -0.15) is 0 Å². The lowest BCUT2D eigenvalue weighted by Crippen LogP contribution is -2.47. The second-order valence-electron chi connectivity index (χ2n) is 6.03. The fourth-order valence-electron chi connectivity index (χ4n) is 2.81. The van der Waals surface area contributed by atoms with Crippen LogP contribution in [0.2, 0.25) is 0 Å². The van der Waals surface area contributed by atoms with Crippen molar-refractivity contribution in [3.8, 4) is 0 Å². The number of cyclic esters (lactones) is 1. The normalized spacial score (nSPS) is 28.8. The molecule has 1 amide bonds. The van der Waals surface area contributed by atoms with E-state index in [1.807, 2.05) is 0 Å². The molecule has 0 spiro atoms. The van der Waals surface area contributed by atoms with Gasteiger partial charge in [0.05, 0.1) is 12.0 Å². The van der Waals surface area contributed by atoms with E-state index in [2.05, 4.69) is 10.2 Å². The quantitative estimate of drug-likeness (QED) is 0.794. The molecule has 0 radical (unpaired) electrons. The molecule has 2 heterocycles. The summed E-state index contributed by atoms with van der Waals surface area (Å²) in [4.78, 5) is 24.5. The van der Waals surface area contributed by atoms with E-state index in [9.17, 15) is 14.7 Å². The SMILES string of the molecule is CC(C)(C(=O)O)C1CCCN(CC2CNC(=O)O2)C1. The summed E-state index contributed by atoms with van der Waals surface area (Å²) in [6.07, 6.45) is 1.47. The first kappa shape index (κ1) is 14.1. The molecule has 2 aliphatic rings. The van der Waals surface area contributed by atoms with Crippen LogP contribution in [0.1, 0.15) is 26.7 Å². The van der Waals surface area contributed by atoms with Crippen LogP contribution in [0.15, 0.2) is 0 Å². The Hall–Kier alpha value is -1.30. The number of aliphatic carboxylic acids is 1. The Morgan fingerprint density at radius 3 is 2.89 bits per heavy atom. The minimum atomic E-state index is -0.742. The maximum atomic E-state index is 11.3. The first-order valence-electron chi connectivity index (χ1n) is 6.80. The largest absolute Gasteiger partial charge is 0.481 e. The molecule has 0 aliphatic carbocycles. The Kier molecular flexibility index (Phi) is 3.99. The molecule has 6 nitrogen and oxygen atoms in total. The number of carbonyl (C=O) groups excluding carboxylic acids is 1. The zero-order valence-electron chi connectivity index (χ0n) is 11.5. The molecule has 2 unspecified atom stereocenters. The molecule has 0 aromatic carbocycles. The van der Waals surface area contributed by atoms with Crippen LogP contribution in [-0.4, -0.2) is 54.4 Å². The molecule has 0 saturated carbocycles. The average molecular weight is 270 g/mol. The standard InChI is InChI=1S/C13H22N2O4/c1-13(2,11(16)17)9-4-3-5-15(7-9)8-10-6-14-12(18)19-10/h9-10H,3-8H2,1-2H3,(H,14,18)(H,16,17). The van der Waals surface area contributed by atoms with Crippen LogP contribution in [0.3, 0.4) is 0 Å². The number of piperidine rings is 1. The number of hydrogen-bond acceptors (Lipinski definition) is 4. The van der Waals surface area contributed by atoms with Gasteiger partial charge in [0.15, 0.2) is 0 Å². The monoisotopic (exact) mass is 270 g/mol. The van der Waals surface area contributed by atoms with E-state index in [4.69, 9.17) is 4.74 Å². The van der Waals surface area contributed by atoms with E-state index in [-0.39, 0.29) is 18.1 Å². The van der Waals surface area contributed by atoms with Crippen molar-refractivity contribution in [2.75, 3.05) is 26.2 Å². The molecule has 2 rings (SSSR count). The Bertz CT molecular complexity index is 370. The minimum Gasteiger partial charge on any atom is -0.481 e. The van der Waals surface area contributed by atoms with Crippen molar-refractivity contribution in [2.24, 2.45) is 11.3 Å². The number of nitrogens with one attached hydrogen (secondary N) is 1. The highest BCUT2D eigenvalue weighted by molar-refractivity contribution is 5.74. The fraction of sp³-hybridized carbons (Fsp3) is 0.846. The van der Waals surface area contributed by atoms with Gasteiger partial charge in [-0.3, -0.25) is 9.69 Å². The number of carboxylic acid groups (broad SMARTS) is 1. The van der Waals surface area contributed by atoms with E-state index >= 15 is 0 Å². The lowest BCUT2D eigenvalue weighted by Gasteiger charge is -2.39. The van der Waals surface area contributed by atoms with E-state index in [1.54, 1.807) is 13.8 Å². The highest BCUT2D eigenvalue weighted by Gasteiger charge is 2.39. The third-order valence-electron chi connectivity index (χ3n) is 4.29. The molecule has 0 aromatic rings. The average Bonchev–Trinajstić information content (AvgIpc) is 2.75. The highest BCUT2D eigenvalue weighted by Crippen LogP contribution is 2.34. The van der Waals surface area contributed by atoms with Crippen LogP contribution in [0.4, 0.5) is 4.79 Å². The molecule has 2 atom stereocenters. The zero-order valence-corrected chi connectivity index (χ0v) is 11.5. The molecule has 2 N–H and O–H groups in total. The van der Waals surface area contributed by atoms with Gasteiger partial charge in [-0.05, 0) is 39.2 Å². The molecule has 2 saturated heterocycles. The number of amides is 1. The van der Waals surface area contributed by atoms with E-state index in [0.29, 0.717) is 13.1 Å². The fourth-order valence-corrected chi connectivity index (χ4v) is 2.81. The van der Waals surface area contributed by atoms with Gasteiger partial charge in [0.25, 0.3) is 0 Å². The van der Waals surface area contributed by atoms with Gasteiger partial charge in [0, 0.05) is 13.1 Å². The number of ether oxygens (including phenoxy) is 1. The molecule has 0 aromatic heterocycles. The Balaban J connectivity index is 1.90. The molecule has 108 valence electrons. The smallest absolute Gasteiger partial charge is 0.407 e. The zero-order chi connectivity index (χ0) is 14.0. The molecule has 19 heavy (non-hydrogen) atoms. The number of alkyl carbamates (subject to hydrolysis) is 1. The summed E-state index contributed by atoms with van der Waals surface area (Å²) in [6, 6.07) is 0. The van der Waals surface area contributed by atoms with Gasteiger partial charge in [0.1, 0.15) is 6.10 Å². The molecular weight excluding hydrogens is 248 g/mol. The molecule has 6 heteroatoms. The summed E-state index contributed by atoms with van der Waals surface area (Å²) in [5, 5.41) is 11.9. The second-order valence-corrected chi connectivity index (χ2v) is 6.03. The van der Waals surface area contributed by atoms with E-state index in [1.165, 1.54) is 0 Å². The number of nitrogens with zero attached hydrogens (tertiary/aromatic N) is 1. The lowest BCUT2D eigenvalue weighted by molar-refractivity contribution is -0.151. The first-order valence-corrected chi connectivity index (χ1v) is 6.80. The van der Waals surface area contributed by atoms with Gasteiger partial charge in [-0.15, -0.1) is 0 Å². The number of carbonyl (C=O) groups is 2. The predicted octanol–water partition coefficient (Wildman–Crippen LogP) is 0.918. The Morgan fingerprint density at radius 1 is 1.58 bits per heavy atom. The molecule has 0 bridgehead atoms. The number of carboxylic acids is 1. The van der Waals surface area contributed by atoms with Gasteiger partial charge >= 0.3 is 12.1 Å². The molecule has 2 fully saturated rings. The predicted molar refractivity (Wildman–Crippen MR) is 68.9 cm³/mol. The topological polar surface area (TPSA) is 78.9 Å². The summed E-state index contributed by atoms with van der Waals surface area (Å²) in [7, 11) is 0. The van der Waals surface area contributed by atoms with Crippen molar-refractivity contribution < 1.29 is 19.4 Å². The third kappa shape index (κ3) is 3.18. The number of likely N-dealkylation sites (tertiary alicyclic amines) is 1. The number of hydrogen-bond donors (Lipinski definition) is 2. The van der Waals surface area contributed by atoms with Crippen molar-refractivity contribution in [1.29, 1.82) is 0 Å². The van der Waals surface area contributed by atoms with Crippen LogP contribution in [-0.2, 0) is 9.53 Å². The van der Waals surface area contributed by atoms with Crippen LogP contribution < -0.4 is 5.32 Å². The molecular formula is C13H22N2O4. The van der Waals surface area contributed by atoms with Gasteiger partial charge in [-0.25, -0.2) is 4.79 Å². The summed E-state index contributed by atoms with van der Waals surface area (Å²) in [5.74, 6) is -0.600. The maximum absolute atomic E-state index is 11.3. The van der Waals surface area contributed by atoms with Crippen LogP contribution in [0.5, 0.6) is 0 Å². The summed E-state index contributed by atoms with van der Waals surface area (Å²) < 4.78 is 5.12. The van der Waals surface area contributed by atoms with Crippen LogP contribution in [0.25, 0.3) is 0 Å². The Labute approximate surface area is 113 Å². The van der Waals surface area contributed by atoms with Gasteiger partial charge in [-0.1, -0.05) is 0 Å². The van der Waals surface area contributed by atoms with Crippen molar-refractivity contribution >= 4 is 12.1 Å². The van der Waals surface area contributed by atoms with Crippen molar-refractivity contribution in [1.82, 2.24) is 10.2 Å². The number of rotatable bonds is 4. The molecule has 2 aliphatic heterocycles. The summed E-state index contributed by atoms with van der Waals surface area (Å²) >= 11 is 0. The van der Waals surface area contributed by atoms with Crippen molar-refractivity contribution in [3.63, 3.8) is 0 Å². The summed E-state index contributed by atoms with van der Waals surface area (Å²) in [6.45, 7) is 6.52. The van der Waals surface area contributed by atoms with Crippen molar-refractivity contribution in [2.45, 2.75) is 32.8 Å². The van der Waals surface area contributed by atoms with Crippen molar-refractivity contribution in [3.05, 3.63) is 0 Å². The van der Waals surface area contributed by atoms with Crippen LogP contribution >= 0.6 is 0 Å². The summed E-state index contributed by atoms with van der Waals surface area (Å²) in [5.41, 5.74) is -0.705. The first-order chi connectivity index (χ1) is 8.89. The lowest BCUT2D eigenvalue weighted by atomic mass is 9.74. The van der Waals surface area contributed by atoms with E-state index < -0.39 is 11.4 Å². The third-order valence-corrected chi connectivity index (χ3v) is 4.29. The maximum Gasteiger partial charge on any atom is 0.407 e. The van der Waals surface area contributed by atoms with Crippen LogP contribution in [0, 0.1) is 11.3 Å². The van der Waals surface area contributed by atoms with Gasteiger partial charge < -0.3 is 15.2 Å². The highest BCUT2D eigenvalue weighted by atomic mass is 16.6. The Morgan fingerprint density at radius 2 is 2.32 bits per heavy atom.